The molecule has 0 aliphatic carbocycles. The number of nitrogens with zero attached hydrogens (tertiary/aromatic N) is 3. The van der Waals surface area contributed by atoms with Gasteiger partial charge in [0.2, 0.25) is 0 Å². The zero-order valence-corrected chi connectivity index (χ0v) is 11.4. The number of hydrogen-bond acceptors (Lipinski definition) is 5. The van der Waals surface area contributed by atoms with Gasteiger partial charge >= 0.3 is 0 Å². The van der Waals surface area contributed by atoms with Crippen molar-refractivity contribution in [1.29, 1.82) is 0 Å². The molecule has 4 nitrogen and oxygen atoms in total. The largest absolute Gasteiger partial charge is 0.507 e. The highest BCUT2D eigenvalue weighted by Gasteiger charge is 2.09. The Morgan fingerprint density at radius 3 is 2.76 bits per heavy atom. The van der Waals surface area contributed by atoms with Crippen molar-refractivity contribution < 1.29 is 5.11 Å². The minimum absolute atomic E-state index is 0.267. The Kier molecular flexibility index (Phi) is 2.67. The molecule has 2 aromatic heterocycles. The maximum Gasteiger partial charge on any atom is 0.190 e. The molecule has 17 heavy (non-hydrogen) atoms. The van der Waals surface area contributed by atoms with Gasteiger partial charge in [0.25, 0.3) is 0 Å². The predicted molar refractivity (Wildman–Crippen MR) is 75.0 cm³/mol. The van der Waals surface area contributed by atoms with Gasteiger partial charge in [-0.25, -0.2) is 15.0 Å². The van der Waals surface area contributed by atoms with Crippen LogP contribution in [0.25, 0.3) is 21.0 Å². The number of fused-ring (bicyclic) bond motifs is 1. The molecule has 0 spiro atoms. The van der Waals surface area contributed by atoms with Crippen LogP contribution in [0.3, 0.4) is 0 Å². The molecule has 6 heteroatoms. The van der Waals surface area contributed by atoms with Crippen molar-refractivity contribution in [2.45, 2.75) is 0 Å². The van der Waals surface area contributed by atoms with Crippen molar-refractivity contribution in [2.75, 3.05) is 0 Å². The lowest BCUT2D eigenvalue weighted by molar-refractivity contribution is 0.472. The highest BCUT2D eigenvalue weighted by Crippen LogP contribution is 2.31. The summed E-state index contributed by atoms with van der Waals surface area (Å²) in [5, 5.41) is 10.5. The molecule has 2 heterocycles. The van der Waals surface area contributed by atoms with Gasteiger partial charge in [-0.15, -0.1) is 0 Å². The van der Waals surface area contributed by atoms with Crippen molar-refractivity contribution in [2.24, 2.45) is 0 Å². The zero-order valence-electron chi connectivity index (χ0n) is 8.46. The first kappa shape index (κ1) is 10.8. The molecule has 1 aromatic carbocycles. The molecular weight excluding hydrogens is 349 g/mol. The molecule has 0 bridgehead atoms. The van der Waals surface area contributed by atoms with Gasteiger partial charge in [0.15, 0.2) is 10.5 Å². The molecule has 3 rings (SSSR count). The highest BCUT2D eigenvalue weighted by atomic mass is 127. The summed E-state index contributed by atoms with van der Waals surface area (Å²) in [5.74, 6) is 0.267. The molecular formula is C11H6IN3OS. The van der Waals surface area contributed by atoms with Crippen molar-refractivity contribution in [3.05, 3.63) is 34.2 Å². The quantitative estimate of drug-likeness (QED) is 0.682. The Balaban J connectivity index is 2.17. The number of phenols is 1. The third-order valence-electron chi connectivity index (χ3n) is 2.24. The number of aromatic hydroxyl groups is 1. The van der Waals surface area contributed by atoms with Crippen LogP contribution in [0.5, 0.6) is 5.75 Å². The minimum Gasteiger partial charge on any atom is -0.507 e. The van der Waals surface area contributed by atoms with Crippen molar-refractivity contribution in [3.63, 3.8) is 0 Å². The molecule has 1 N–H and O–H groups in total. The van der Waals surface area contributed by atoms with E-state index in [4.69, 9.17) is 0 Å². The lowest BCUT2D eigenvalue weighted by atomic mass is 10.2. The van der Waals surface area contributed by atoms with E-state index in [1.54, 1.807) is 18.5 Å². The van der Waals surface area contributed by atoms with Crippen molar-refractivity contribution >= 4 is 44.4 Å². The molecule has 0 amide bonds. The molecule has 0 saturated carbocycles. The Hall–Kier alpha value is -1.28. The molecule has 84 valence electrons. The van der Waals surface area contributed by atoms with Crippen molar-refractivity contribution in [1.82, 2.24) is 15.0 Å². The summed E-state index contributed by atoms with van der Waals surface area (Å²) in [4.78, 5) is 13.5. The van der Waals surface area contributed by atoms with E-state index in [0.29, 0.717) is 5.65 Å². The number of phenolic OH excluding ortho intramolecular Hbond substituents is 1. The SMILES string of the molecule is Oc1cc(-c2nc3nccnc3s2)ccc1I. The van der Waals surface area contributed by atoms with Crippen molar-refractivity contribution in [3.8, 4) is 16.3 Å². The summed E-state index contributed by atoms with van der Waals surface area (Å²) in [6, 6.07) is 5.50. The fourth-order valence-corrected chi connectivity index (χ4v) is 2.65. The summed E-state index contributed by atoms with van der Waals surface area (Å²) in [6.45, 7) is 0. The van der Waals surface area contributed by atoms with E-state index >= 15 is 0 Å². The molecule has 0 radical (unpaired) electrons. The molecule has 0 atom stereocenters. The fraction of sp³-hybridized carbons (Fsp3) is 0. The second-order valence-electron chi connectivity index (χ2n) is 3.37. The molecule has 0 fully saturated rings. The summed E-state index contributed by atoms with van der Waals surface area (Å²) >= 11 is 3.55. The normalized spacial score (nSPS) is 10.9. The number of halogens is 1. The number of hydrogen-bond donors (Lipinski definition) is 1. The van der Waals surface area contributed by atoms with E-state index in [9.17, 15) is 5.11 Å². The van der Waals surface area contributed by atoms with Crippen LogP contribution in [0.1, 0.15) is 0 Å². The second-order valence-corrected chi connectivity index (χ2v) is 5.51. The third-order valence-corrected chi connectivity index (χ3v) is 4.15. The van der Waals surface area contributed by atoms with Crippen LogP contribution in [-0.4, -0.2) is 20.1 Å². The molecule has 3 aromatic rings. The van der Waals surface area contributed by atoms with Crippen LogP contribution in [0.2, 0.25) is 0 Å². The summed E-state index contributed by atoms with van der Waals surface area (Å²) < 4.78 is 0.823. The lowest BCUT2D eigenvalue weighted by Crippen LogP contribution is -1.79. The molecule has 0 aliphatic heterocycles. The first-order chi connectivity index (χ1) is 8.24. The van der Waals surface area contributed by atoms with Crippen LogP contribution < -0.4 is 0 Å². The van der Waals surface area contributed by atoms with Gasteiger partial charge in [-0.05, 0) is 34.7 Å². The van der Waals surface area contributed by atoms with Gasteiger partial charge < -0.3 is 5.11 Å². The van der Waals surface area contributed by atoms with Gasteiger partial charge in [-0.2, -0.15) is 0 Å². The highest BCUT2D eigenvalue weighted by molar-refractivity contribution is 14.1. The van der Waals surface area contributed by atoms with Gasteiger partial charge in [0.05, 0.1) is 3.57 Å². The van der Waals surface area contributed by atoms with E-state index in [1.807, 2.05) is 12.1 Å². The first-order valence-electron chi connectivity index (χ1n) is 4.80. The monoisotopic (exact) mass is 355 g/mol. The summed E-state index contributed by atoms with van der Waals surface area (Å²) in [7, 11) is 0. The number of rotatable bonds is 1. The summed E-state index contributed by atoms with van der Waals surface area (Å²) in [5.41, 5.74) is 1.53. The maximum atomic E-state index is 9.67. The van der Waals surface area contributed by atoms with E-state index in [1.165, 1.54) is 11.3 Å². The van der Waals surface area contributed by atoms with Crippen LogP contribution >= 0.6 is 33.9 Å². The zero-order chi connectivity index (χ0) is 11.8. The smallest absolute Gasteiger partial charge is 0.190 e. The van der Waals surface area contributed by atoms with Gasteiger partial charge in [-0.1, -0.05) is 17.4 Å². The Labute approximate surface area is 115 Å². The van der Waals surface area contributed by atoms with E-state index in [2.05, 4.69) is 37.5 Å². The number of benzene rings is 1. The predicted octanol–water partition coefficient (Wildman–Crippen LogP) is 3.06. The van der Waals surface area contributed by atoms with Crippen LogP contribution in [-0.2, 0) is 0 Å². The van der Waals surface area contributed by atoms with Gasteiger partial charge in [-0.3, -0.25) is 0 Å². The summed E-state index contributed by atoms with van der Waals surface area (Å²) in [6.07, 6.45) is 3.27. The first-order valence-corrected chi connectivity index (χ1v) is 6.70. The van der Waals surface area contributed by atoms with Crippen LogP contribution in [0, 0.1) is 3.57 Å². The third kappa shape index (κ3) is 1.98. The number of thiazole rings is 1. The molecule has 0 aliphatic rings. The van der Waals surface area contributed by atoms with E-state index in [0.717, 1.165) is 19.0 Å². The second kappa shape index (κ2) is 4.19. The average molecular weight is 355 g/mol. The van der Waals surface area contributed by atoms with Gasteiger partial charge in [0.1, 0.15) is 10.8 Å². The Morgan fingerprint density at radius 2 is 2.00 bits per heavy atom. The fourth-order valence-electron chi connectivity index (χ4n) is 1.45. The van der Waals surface area contributed by atoms with Crippen LogP contribution in [0.15, 0.2) is 30.6 Å². The van der Waals surface area contributed by atoms with E-state index < -0.39 is 0 Å². The standard InChI is InChI=1S/C11H6IN3OS/c12-7-2-1-6(5-8(7)16)10-15-9-11(17-10)14-4-3-13-9/h1-5,16H. The molecule has 0 unspecified atom stereocenters. The Morgan fingerprint density at radius 1 is 1.18 bits per heavy atom. The minimum atomic E-state index is 0.267. The topological polar surface area (TPSA) is 58.9 Å². The lowest BCUT2D eigenvalue weighted by Gasteiger charge is -1.99. The number of aromatic nitrogens is 3. The molecule has 0 saturated heterocycles. The van der Waals surface area contributed by atoms with E-state index in [-0.39, 0.29) is 5.75 Å². The Bertz CT molecular complexity index is 665. The average Bonchev–Trinajstić information content (AvgIpc) is 2.76. The van der Waals surface area contributed by atoms with Gasteiger partial charge in [0, 0.05) is 18.0 Å². The maximum absolute atomic E-state index is 9.67. The van der Waals surface area contributed by atoms with Crippen LogP contribution in [0.4, 0.5) is 0 Å².